The van der Waals surface area contributed by atoms with Crippen LogP contribution >= 0.6 is 0 Å². The molecule has 0 amide bonds. The van der Waals surface area contributed by atoms with Gasteiger partial charge in [-0.15, -0.1) is 0 Å². The lowest BCUT2D eigenvalue weighted by molar-refractivity contribution is -0.121. The predicted octanol–water partition coefficient (Wildman–Crippen LogP) is 1.77. The van der Waals surface area contributed by atoms with Gasteiger partial charge in [0.1, 0.15) is 6.10 Å². The van der Waals surface area contributed by atoms with E-state index in [0.29, 0.717) is 6.42 Å². The van der Waals surface area contributed by atoms with Gasteiger partial charge >= 0.3 is 0 Å². The Bertz CT molecular complexity index is 303. The Balaban J connectivity index is 0.000000171. The van der Waals surface area contributed by atoms with Crippen LogP contribution in [-0.4, -0.2) is 41.1 Å². The number of carbonyl (C=O) groups excluding carboxylic acids is 1. The Kier molecular flexibility index (Phi) is 5.08. The van der Waals surface area contributed by atoms with E-state index in [1.54, 1.807) is 6.92 Å². The lowest BCUT2D eigenvalue weighted by atomic mass is 10.2. The van der Waals surface area contributed by atoms with E-state index in [0.717, 1.165) is 12.1 Å². The maximum absolute atomic E-state index is 10.7. The highest BCUT2D eigenvalue weighted by molar-refractivity contribution is 5.89. The topological polar surface area (TPSA) is 68.1 Å². The average molecular weight is 243 g/mol. The van der Waals surface area contributed by atoms with Crippen LogP contribution in [0.5, 0.6) is 0 Å². The van der Waals surface area contributed by atoms with Crippen molar-refractivity contribution in [3.63, 3.8) is 0 Å². The third-order valence-corrected chi connectivity index (χ3v) is 2.91. The lowest BCUT2D eigenvalue weighted by Gasteiger charge is -2.01. The third kappa shape index (κ3) is 4.09. The van der Waals surface area contributed by atoms with Crippen molar-refractivity contribution >= 4 is 11.5 Å². The van der Waals surface area contributed by atoms with E-state index in [2.05, 4.69) is 5.16 Å². The smallest absolute Gasteiger partial charge is 0.163 e. The zero-order valence-electron chi connectivity index (χ0n) is 10.8. The van der Waals surface area contributed by atoms with Crippen molar-refractivity contribution in [1.29, 1.82) is 0 Å². The van der Waals surface area contributed by atoms with Crippen molar-refractivity contribution < 1.29 is 19.5 Å². The number of Topliss-reactive ketones (excluding diaryl/α,β-unsaturated/α-hetero) is 1. The number of oxime groups is 1. The van der Waals surface area contributed by atoms with Crippen LogP contribution in [0.2, 0.25) is 0 Å². The molecule has 4 unspecified atom stereocenters. The zero-order chi connectivity index (χ0) is 13.0. The Morgan fingerprint density at radius 1 is 1.06 bits per heavy atom. The predicted molar refractivity (Wildman–Crippen MR) is 63.5 cm³/mol. The first-order valence-electron chi connectivity index (χ1n) is 5.98. The van der Waals surface area contributed by atoms with Gasteiger partial charge in [-0.05, 0) is 27.7 Å². The molecule has 17 heavy (non-hydrogen) atoms. The SMILES string of the molecule is CC1CC(=NO)C(C)O1.CC1CC(=O)C(C)O1. The van der Waals surface area contributed by atoms with Crippen LogP contribution in [0.1, 0.15) is 40.5 Å². The zero-order valence-corrected chi connectivity index (χ0v) is 10.8. The van der Waals surface area contributed by atoms with Gasteiger partial charge in [-0.25, -0.2) is 0 Å². The summed E-state index contributed by atoms with van der Waals surface area (Å²) in [5.74, 6) is 0.234. The molecule has 0 saturated carbocycles. The molecule has 0 spiro atoms. The summed E-state index contributed by atoms with van der Waals surface area (Å²) >= 11 is 0. The number of nitrogens with zero attached hydrogens (tertiary/aromatic N) is 1. The fraction of sp³-hybridized carbons (Fsp3) is 0.833. The highest BCUT2D eigenvalue weighted by Gasteiger charge is 2.26. The fourth-order valence-corrected chi connectivity index (χ4v) is 1.98. The molecule has 4 atom stereocenters. The van der Waals surface area contributed by atoms with Crippen LogP contribution < -0.4 is 0 Å². The van der Waals surface area contributed by atoms with E-state index in [1.807, 2.05) is 20.8 Å². The number of hydrogen-bond acceptors (Lipinski definition) is 5. The van der Waals surface area contributed by atoms with Gasteiger partial charge in [-0.3, -0.25) is 4.79 Å². The second-order valence-corrected chi connectivity index (χ2v) is 4.64. The van der Waals surface area contributed by atoms with Gasteiger partial charge < -0.3 is 14.7 Å². The Hall–Kier alpha value is -0.940. The minimum absolute atomic E-state index is 0.00463. The van der Waals surface area contributed by atoms with Gasteiger partial charge in [0.2, 0.25) is 0 Å². The molecule has 2 aliphatic rings. The molecule has 0 aromatic heterocycles. The Morgan fingerprint density at radius 2 is 1.59 bits per heavy atom. The molecule has 5 nitrogen and oxygen atoms in total. The quantitative estimate of drug-likeness (QED) is 0.520. The van der Waals surface area contributed by atoms with Crippen LogP contribution in [0, 0.1) is 0 Å². The summed E-state index contributed by atoms with van der Waals surface area (Å²) in [6.45, 7) is 7.57. The minimum Gasteiger partial charge on any atom is -0.411 e. The molecule has 2 rings (SSSR count). The van der Waals surface area contributed by atoms with Crippen LogP contribution in [0.15, 0.2) is 5.16 Å². The van der Waals surface area contributed by atoms with Crippen LogP contribution in [0.4, 0.5) is 0 Å². The number of rotatable bonds is 0. The van der Waals surface area contributed by atoms with Gasteiger partial charge in [-0.2, -0.15) is 0 Å². The normalized spacial score (nSPS) is 39.3. The second-order valence-electron chi connectivity index (χ2n) is 4.64. The molecule has 2 aliphatic heterocycles. The summed E-state index contributed by atoms with van der Waals surface area (Å²) in [7, 11) is 0. The lowest BCUT2D eigenvalue weighted by Crippen LogP contribution is -2.09. The first-order chi connectivity index (χ1) is 7.93. The highest BCUT2D eigenvalue weighted by Crippen LogP contribution is 2.15. The van der Waals surface area contributed by atoms with E-state index in [9.17, 15) is 4.79 Å². The summed E-state index contributed by atoms with van der Waals surface area (Å²) in [5, 5.41) is 11.5. The monoisotopic (exact) mass is 243 g/mol. The molecule has 2 saturated heterocycles. The minimum atomic E-state index is -0.148. The molecule has 0 radical (unpaired) electrons. The maximum Gasteiger partial charge on any atom is 0.163 e. The highest BCUT2D eigenvalue weighted by atomic mass is 16.5. The van der Waals surface area contributed by atoms with Crippen molar-refractivity contribution in [3.8, 4) is 0 Å². The van der Waals surface area contributed by atoms with Crippen LogP contribution in [0.3, 0.4) is 0 Å². The van der Waals surface area contributed by atoms with Crippen LogP contribution in [0.25, 0.3) is 0 Å². The largest absolute Gasteiger partial charge is 0.411 e. The van der Waals surface area contributed by atoms with E-state index in [-0.39, 0.29) is 30.2 Å². The molecule has 1 N–H and O–H groups in total. The molecular formula is C12H21NO4. The van der Waals surface area contributed by atoms with Crippen molar-refractivity contribution in [1.82, 2.24) is 0 Å². The molecule has 2 fully saturated rings. The standard InChI is InChI=1S/C6H11NO2.C6H10O2/c1-4-3-6(7-8)5(2)9-4;1-4-3-6(7)5(2)8-4/h4-5,8H,3H2,1-2H3;4-5H,3H2,1-2H3. The summed E-state index contributed by atoms with van der Waals surface area (Å²) in [5.41, 5.74) is 0.752. The van der Waals surface area contributed by atoms with E-state index in [4.69, 9.17) is 14.7 Å². The van der Waals surface area contributed by atoms with Gasteiger partial charge in [0.05, 0.1) is 24.0 Å². The van der Waals surface area contributed by atoms with E-state index >= 15 is 0 Å². The number of carbonyl (C=O) groups is 1. The Morgan fingerprint density at radius 3 is 1.76 bits per heavy atom. The van der Waals surface area contributed by atoms with Gasteiger partial charge in [-0.1, -0.05) is 5.16 Å². The van der Waals surface area contributed by atoms with Crippen molar-refractivity contribution in [2.45, 2.75) is 65.0 Å². The summed E-state index contributed by atoms with van der Waals surface area (Å²) in [6.07, 6.45) is 1.58. The second kappa shape index (κ2) is 6.12. The molecule has 5 heteroatoms. The van der Waals surface area contributed by atoms with Crippen molar-refractivity contribution in [2.75, 3.05) is 0 Å². The van der Waals surface area contributed by atoms with Crippen molar-refractivity contribution in [3.05, 3.63) is 0 Å². The first-order valence-corrected chi connectivity index (χ1v) is 5.98. The van der Waals surface area contributed by atoms with E-state index < -0.39 is 0 Å². The van der Waals surface area contributed by atoms with Gasteiger partial charge in [0, 0.05) is 12.8 Å². The van der Waals surface area contributed by atoms with E-state index in [1.165, 1.54) is 0 Å². The number of ketones is 1. The van der Waals surface area contributed by atoms with Gasteiger partial charge in [0.25, 0.3) is 0 Å². The average Bonchev–Trinajstić information content (AvgIpc) is 2.70. The Labute approximate surface area is 102 Å². The van der Waals surface area contributed by atoms with Gasteiger partial charge in [0.15, 0.2) is 5.78 Å². The summed E-state index contributed by atoms with van der Waals surface area (Å²) in [6, 6.07) is 0. The molecule has 0 bridgehead atoms. The first kappa shape index (κ1) is 14.1. The summed E-state index contributed by atoms with van der Waals surface area (Å²) in [4.78, 5) is 10.7. The molecule has 98 valence electrons. The summed E-state index contributed by atoms with van der Waals surface area (Å²) < 4.78 is 10.4. The van der Waals surface area contributed by atoms with Crippen molar-refractivity contribution in [2.24, 2.45) is 5.16 Å². The number of ether oxygens (including phenoxy) is 2. The van der Waals surface area contributed by atoms with Crippen LogP contribution in [-0.2, 0) is 14.3 Å². The molecular weight excluding hydrogens is 222 g/mol. The molecule has 0 aliphatic carbocycles. The molecule has 2 heterocycles. The fourth-order valence-electron chi connectivity index (χ4n) is 1.98. The number of hydrogen-bond donors (Lipinski definition) is 1. The molecule has 0 aromatic carbocycles. The maximum atomic E-state index is 10.7. The molecule has 0 aromatic rings. The third-order valence-electron chi connectivity index (χ3n) is 2.91.